The first-order valence-electron chi connectivity index (χ1n) is 9.22. The smallest absolute Gasteiger partial charge is 0.239 e. The number of ketones is 1. The van der Waals surface area contributed by atoms with Gasteiger partial charge < -0.3 is 0 Å². The number of hydrogen-bond donors (Lipinski definition) is 0. The van der Waals surface area contributed by atoms with Crippen LogP contribution in [0.25, 0.3) is 0 Å². The highest BCUT2D eigenvalue weighted by Gasteiger charge is 2.64. The van der Waals surface area contributed by atoms with Gasteiger partial charge in [-0.2, -0.15) is 0 Å². The Morgan fingerprint density at radius 2 is 1.54 bits per heavy atom. The van der Waals surface area contributed by atoms with Crippen LogP contribution in [0.15, 0.2) is 66.7 Å². The van der Waals surface area contributed by atoms with Gasteiger partial charge in [-0.3, -0.25) is 19.3 Å². The van der Waals surface area contributed by atoms with Gasteiger partial charge in [-0.1, -0.05) is 42.5 Å². The van der Waals surface area contributed by atoms with E-state index in [0.717, 1.165) is 9.13 Å². The van der Waals surface area contributed by atoms with Crippen molar-refractivity contribution in [3.63, 3.8) is 0 Å². The van der Waals surface area contributed by atoms with E-state index < -0.39 is 17.9 Å². The Labute approximate surface area is 176 Å². The average molecular weight is 484 g/mol. The molecule has 3 heterocycles. The Balaban J connectivity index is 1.53. The molecule has 0 unspecified atom stereocenters. The second-order valence-corrected chi connectivity index (χ2v) is 8.52. The molecular formula is C22H17IN2O3. The van der Waals surface area contributed by atoms with Gasteiger partial charge in [0.15, 0.2) is 5.78 Å². The van der Waals surface area contributed by atoms with Crippen LogP contribution in [0.5, 0.6) is 0 Å². The highest BCUT2D eigenvalue weighted by molar-refractivity contribution is 14.1. The molecule has 4 atom stereocenters. The SMILES string of the molecule is O=C1C=C[C@H]2[C@@H]3C(=O)N(c4ccccc4)C(=O)[C@@H]3[C@@H]1N2Cc1ccccc1I. The van der Waals surface area contributed by atoms with Crippen LogP contribution in [-0.4, -0.2) is 34.6 Å². The summed E-state index contributed by atoms with van der Waals surface area (Å²) < 4.78 is 1.11. The minimum Gasteiger partial charge on any atom is -0.293 e. The molecule has 5 rings (SSSR count). The molecule has 2 bridgehead atoms. The van der Waals surface area contributed by atoms with Gasteiger partial charge in [-0.15, -0.1) is 0 Å². The number of anilines is 1. The van der Waals surface area contributed by atoms with Crippen LogP contribution < -0.4 is 4.90 Å². The fourth-order valence-corrected chi connectivity index (χ4v) is 5.28. The number of carbonyl (C=O) groups is 3. The molecule has 6 heteroatoms. The zero-order chi connectivity index (χ0) is 19.4. The summed E-state index contributed by atoms with van der Waals surface area (Å²) in [6, 6.07) is 16.1. The number of carbonyl (C=O) groups excluding carboxylic acids is 3. The maximum absolute atomic E-state index is 13.2. The first kappa shape index (κ1) is 17.8. The van der Waals surface area contributed by atoms with E-state index in [4.69, 9.17) is 0 Å². The molecule has 2 amide bonds. The van der Waals surface area contributed by atoms with Crippen molar-refractivity contribution in [2.45, 2.75) is 18.6 Å². The highest BCUT2D eigenvalue weighted by atomic mass is 127. The summed E-state index contributed by atoms with van der Waals surface area (Å²) in [5.41, 5.74) is 1.67. The van der Waals surface area contributed by atoms with E-state index in [1.54, 1.807) is 36.4 Å². The summed E-state index contributed by atoms with van der Waals surface area (Å²) in [7, 11) is 0. The molecule has 3 aliphatic heterocycles. The van der Waals surface area contributed by atoms with E-state index in [0.29, 0.717) is 12.2 Å². The maximum atomic E-state index is 13.2. The molecule has 0 saturated carbocycles. The van der Waals surface area contributed by atoms with Gasteiger partial charge in [0, 0.05) is 16.2 Å². The molecule has 2 fully saturated rings. The number of fused-ring (bicyclic) bond motifs is 5. The lowest BCUT2D eigenvalue weighted by atomic mass is 9.90. The van der Waals surface area contributed by atoms with Gasteiger partial charge in [0.05, 0.1) is 23.6 Å². The molecule has 0 aliphatic carbocycles. The number of rotatable bonds is 3. The molecule has 2 aromatic carbocycles. The number of amides is 2. The van der Waals surface area contributed by atoms with Crippen molar-refractivity contribution in [3.8, 4) is 0 Å². The number of nitrogens with zero attached hydrogens (tertiary/aromatic N) is 2. The minimum absolute atomic E-state index is 0.0919. The largest absolute Gasteiger partial charge is 0.293 e. The van der Waals surface area contributed by atoms with Crippen molar-refractivity contribution in [2.75, 3.05) is 4.90 Å². The molecule has 3 aliphatic rings. The minimum atomic E-state index is -0.624. The average Bonchev–Trinajstić information content (AvgIpc) is 3.08. The summed E-state index contributed by atoms with van der Waals surface area (Å²) >= 11 is 2.28. The first-order chi connectivity index (χ1) is 13.6. The van der Waals surface area contributed by atoms with Crippen LogP contribution in [0.2, 0.25) is 0 Å². The van der Waals surface area contributed by atoms with Crippen LogP contribution in [-0.2, 0) is 20.9 Å². The topological polar surface area (TPSA) is 57.7 Å². The van der Waals surface area contributed by atoms with E-state index in [1.807, 2.05) is 35.2 Å². The normalized spacial score (nSPS) is 28.9. The van der Waals surface area contributed by atoms with Crippen LogP contribution in [0, 0.1) is 15.4 Å². The molecule has 2 saturated heterocycles. The monoisotopic (exact) mass is 484 g/mol. The quantitative estimate of drug-likeness (QED) is 0.497. The molecule has 2 aromatic rings. The molecule has 0 spiro atoms. The molecule has 0 aromatic heterocycles. The standard InChI is InChI=1S/C22H17IN2O3/c23-15-9-5-4-6-13(15)12-24-16-10-11-17(26)20(24)19-18(16)21(27)25(22(19)28)14-7-2-1-3-8-14/h1-11,16,18-20H,12H2/t16-,18-,19-,20+/m0/s1. The third-order valence-electron chi connectivity index (χ3n) is 5.92. The van der Waals surface area contributed by atoms with E-state index in [2.05, 4.69) is 22.6 Å². The van der Waals surface area contributed by atoms with Crippen LogP contribution in [0.1, 0.15) is 5.56 Å². The van der Waals surface area contributed by atoms with E-state index in [1.165, 1.54) is 4.90 Å². The summed E-state index contributed by atoms with van der Waals surface area (Å²) in [5, 5.41) is 0. The van der Waals surface area contributed by atoms with Gasteiger partial charge in [-0.25, -0.2) is 4.90 Å². The van der Waals surface area contributed by atoms with Crippen LogP contribution in [0.3, 0.4) is 0 Å². The third kappa shape index (κ3) is 2.51. The number of hydrogen-bond acceptors (Lipinski definition) is 4. The van der Waals surface area contributed by atoms with Crippen molar-refractivity contribution in [1.29, 1.82) is 0 Å². The van der Waals surface area contributed by atoms with E-state index >= 15 is 0 Å². The Hall–Kier alpha value is -2.32. The van der Waals surface area contributed by atoms with Crippen molar-refractivity contribution in [2.24, 2.45) is 11.8 Å². The van der Waals surface area contributed by atoms with E-state index in [9.17, 15) is 14.4 Å². The number of imide groups is 1. The second kappa shape index (κ2) is 6.63. The third-order valence-corrected chi connectivity index (χ3v) is 6.97. The fraction of sp³-hybridized carbons (Fsp3) is 0.227. The fourth-order valence-electron chi connectivity index (χ4n) is 4.72. The Bertz CT molecular complexity index is 1020. The maximum Gasteiger partial charge on any atom is 0.239 e. The van der Waals surface area contributed by atoms with E-state index in [-0.39, 0.29) is 23.6 Å². The number of halogens is 1. The molecule has 5 nitrogen and oxygen atoms in total. The predicted octanol–water partition coefficient (Wildman–Crippen LogP) is 2.79. The zero-order valence-corrected chi connectivity index (χ0v) is 17.0. The van der Waals surface area contributed by atoms with Gasteiger partial charge in [0.25, 0.3) is 0 Å². The molecule has 140 valence electrons. The zero-order valence-electron chi connectivity index (χ0n) is 14.9. The second-order valence-electron chi connectivity index (χ2n) is 7.36. The summed E-state index contributed by atoms with van der Waals surface area (Å²) in [6.07, 6.45) is 3.35. The van der Waals surface area contributed by atoms with Gasteiger partial charge in [-0.05, 0) is 52.4 Å². The summed E-state index contributed by atoms with van der Waals surface area (Å²) in [5.74, 6) is -1.70. The highest BCUT2D eigenvalue weighted by Crippen LogP contribution is 2.47. The molecule has 0 N–H and O–H groups in total. The lowest BCUT2D eigenvalue weighted by Crippen LogP contribution is -2.48. The van der Waals surface area contributed by atoms with Crippen LogP contribution >= 0.6 is 22.6 Å². The first-order valence-corrected chi connectivity index (χ1v) is 10.3. The lowest BCUT2D eigenvalue weighted by molar-refractivity contribution is -0.129. The molecule has 28 heavy (non-hydrogen) atoms. The van der Waals surface area contributed by atoms with Crippen molar-refractivity contribution >= 4 is 45.9 Å². The van der Waals surface area contributed by atoms with Crippen LogP contribution in [0.4, 0.5) is 5.69 Å². The number of para-hydroxylation sites is 1. The van der Waals surface area contributed by atoms with Gasteiger partial charge in [0.1, 0.15) is 0 Å². The molecular weight excluding hydrogens is 467 g/mol. The van der Waals surface area contributed by atoms with Crippen molar-refractivity contribution in [3.05, 3.63) is 75.9 Å². The lowest BCUT2D eigenvalue weighted by Gasteiger charge is -2.33. The molecule has 0 radical (unpaired) electrons. The summed E-state index contributed by atoms with van der Waals surface area (Å²) in [4.78, 5) is 42.6. The van der Waals surface area contributed by atoms with Gasteiger partial charge in [0.2, 0.25) is 11.8 Å². The van der Waals surface area contributed by atoms with Crippen molar-refractivity contribution < 1.29 is 14.4 Å². The summed E-state index contributed by atoms with van der Waals surface area (Å²) in [6.45, 7) is 0.545. The van der Waals surface area contributed by atoms with Gasteiger partial charge >= 0.3 is 0 Å². The Morgan fingerprint density at radius 1 is 0.857 bits per heavy atom. The Kier molecular flexibility index (Phi) is 4.21. The number of benzene rings is 2. The Morgan fingerprint density at radius 3 is 2.29 bits per heavy atom. The van der Waals surface area contributed by atoms with Crippen molar-refractivity contribution in [1.82, 2.24) is 4.90 Å². The predicted molar refractivity (Wildman–Crippen MR) is 112 cm³/mol.